The normalized spacial score (nSPS) is 24.5. The highest BCUT2D eigenvalue weighted by atomic mass is 35.5. The van der Waals surface area contributed by atoms with Crippen LogP contribution < -0.4 is 5.32 Å². The number of fused-ring (bicyclic) bond motifs is 2. The molecule has 0 saturated carbocycles. The fourth-order valence-corrected chi connectivity index (χ4v) is 7.27. The van der Waals surface area contributed by atoms with Crippen molar-refractivity contribution in [2.45, 2.75) is 29.6 Å². The number of carboxylic acid groups (broad SMARTS) is 1. The lowest BCUT2D eigenvalue weighted by Crippen LogP contribution is -2.70. The van der Waals surface area contributed by atoms with Gasteiger partial charge in [0.1, 0.15) is 17.1 Å². The van der Waals surface area contributed by atoms with Crippen molar-refractivity contribution in [1.82, 2.24) is 15.1 Å². The molecule has 4 aliphatic heterocycles. The van der Waals surface area contributed by atoms with Crippen LogP contribution >= 0.6 is 70.5 Å². The van der Waals surface area contributed by atoms with Gasteiger partial charge in [-0.15, -0.1) is 35.1 Å². The number of hydrogen-bond acceptors (Lipinski definition) is 6. The van der Waals surface area contributed by atoms with Crippen LogP contribution in [0.2, 0.25) is 10.0 Å². The van der Waals surface area contributed by atoms with E-state index >= 15 is 0 Å². The zero-order valence-corrected chi connectivity index (χ0v) is 22.8. The smallest absolute Gasteiger partial charge is 0.352 e. The Balaban J connectivity index is 0.000000266. The number of β-lactam (4-membered cyclic amide) rings is 2. The van der Waals surface area contributed by atoms with E-state index in [9.17, 15) is 19.5 Å². The van der Waals surface area contributed by atoms with Gasteiger partial charge >= 0.3 is 5.97 Å². The van der Waals surface area contributed by atoms with E-state index in [1.54, 1.807) is 23.1 Å². The first kappa shape index (κ1) is 26.6. The molecule has 13 heteroatoms. The maximum Gasteiger partial charge on any atom is 0.352 e. The van der Waals surface area contributed by atoms with Gasteiger partial charge in [-0.1, -0.05) is 41.5 Å². The lowest BCUT2D eigenvalue weighted by atomic mass is 10.0. The Bertz CT molecular complexity index is 1150. The van der Waals surface area contributed by atoms with Gasteiger partial charge in [-0.25, -0.2) is 4.79 Å². The van der Waals surface area contributed by atoms with Crippen LogP contribution in [0, 0.1) is 0 Å². The molecule has 0 aromatic heterocycles. The maximum absolute atomic E-state index is 12.5. The first-order valence-corrected chi connectivity index (χ1v) is 14.3. The van der Waals surface area contributed by atoms with E-state index < -0.39 is 12.0 Å². The Hall–Kier alpha value is -1.43. The quantitative estimate of drug-likeness (QED) is 0.300. The summed E-state index contributed by atoms with van der Waals surface area (Å²) in [5.41, 5.74) is 1.28. The van der Waals surface area contributed by atoms with Crippen molar-refractivity contribution in [3.8, 4) is 0 Å². The molecule has 2 saturated heterocycles. The molecule has 0 unspecified atom stereocenters. The average molecular weight is 593 g/mol. The Morgan fingerprint density at radius 3 is 2.66 bits per heavy atom. The van der Waals surface area contributed by atoms with Gasteiger partial charge < -0.3 is 15.3 Å². The monoisotopic (exact) mass is 591 g/mol. The van der Waals surface area contributed by atoms with E-state index in [0.29, 0.717) is 38.2 Å². The van der Waals surface area contributed by atoms with Crippen molar-refractivity contribution in [3.05, 3.63) is 57.4 Å². The summed E-state index contributed by atoms with van der Waals surface area (Å²) in [6.07, 6.45) is 5.00. The van der Waals surface area contributed by atoms with Crippen LogP contribution in [-0.2, 0) is 20.8 Å². The Kier molecular flexibility index (Phi) is 8.61. The summed E-state index contributed by atoms with van der Waals surface area (Å²) in [5, 5.41) is 13.7. The number of alkyl halides is 1. The lowest BCUT2D eigenvalue weighted by Gasteiger charge is -2.49. The summed E-state index contributed by atoms with van der Waals surface area (Å²) in [7, 11) is 0. The summed E-state index contributed by atoms with van der Waals surface area (Å²) in [6, 6.07) is 4.52. The van der Waals surface area contributed by atoms with E-state index in [-0.39, 0.29) is 28.8 Å². The highest BCUT2D eigenvalue weighted by Crippen LogP contribution is 2.40. The number of nitrogens with zero attached hydrogens (tertiary/aromatic N) is 2. The topological polar surface area (TPSA) is 90.0 Å². The number of benzene rings is 1. The van der Waals surface area contributed by atoms with Crippen LogP contribution in [0.25, 0.3) is 0 Å². The van der Waals surface area contributed by atoms with Crippen molar-refractivity contribution in [3.63, 3.8) is 0 Å². The molecule has 0 spiro atoms. The highest BCUT2D eigenvalue weighted by Gasteiger charge is 2.53. The number of halogens is 3. The van der Waals surface area contributed by atoms with Crippen LogP contribution in [-0.4, -0.2) is 71.9 Å². The third-order valence-corrected chi connectivity index (χ3v) is 9.38. The minimum atomic E-state index is -1.15. The molecular weight excluding hydrogens is 573 g/mol. The molecule has 4 aliphatic rings. The van der Waals surface area contributed by atoms with Gasteiger partial charge in [0.15, 0.2) is 0 Å². The van der Waals surface area contributed by atoms with E-state index in [4.69, 9.17) is 47.0 Å². The van der Waals surface area contributed by atoms with Crippen molar-refractivity contribution in [2.75, 3.05) is 17.4 Å². The highest BCUT2D eigenvalue weighted by molar-refractivity contribution is 8.00. The van der Waals surface area contributed by atoms with Gasteiger partial charge in [0, 0.05) is 40.1 Å². The molecule has 35 heavy (non-hydrogen) atoms. The van der Waals surface area contributed by atoms with Crippen molar-refractivity contribution < 1.29 is 19.5 Å². The molecule has 1 aromatic carbocycles. The fraction of sp³-hybridized carbons (Fsp3) is 0.364. The Labute approximate surface area is 231 Å². The zero-order chi connectivity index (χ0) is 25.3. The van der Waals surface area contributed by atoms with Crippen LogP contribution in [0.1, 0.15) is 12.0 Å². The molecule has 0 bridgehead atoms. The summed E-state index contributed by atoms with van der Waals surface area (Å²) in [5.74, 6) is 0.393. The van der Waals surface area contributed by atoms with Crippen molar-refractivity contribution in [1.29, 1.82) is 0 Å². The molecular formula is C22H20Cl3N3O4S3. The van der Waals surface area contributed by atoms with Gasteiger partial charge in [0.2, 0.25) is 5.91 Å². The van der Waals surface area contributed by atoms with Crippen LogP contribution in [0.15, 0.2) is 41.7 Å². The first-order valence-electron chi connectivity index (χ1n) is 10.5. The molecule has 0 aliphatic carbocycles. The number of rotatable bonds is 5. The van der Waals surface area contributed by atoms with Crippen molar-refractivity contribution >= 4 is 93.3 Å². The first-order chi connectivity index (χ1) is 16.7. The number of carbonyl (C=O) groups excluding carboxylic acids is 2. The van der Waals surface area contributed by atoms with E-state index in [0.717, 1.165) is 17.7 Å². The maximum atomic E-state index is 12.5. The molecule has 2 N–H and O–H groups in total. The molecule has 5 rings (SSSR count). The number of amides is 2. The third kappa shape index (κ3) is 5.62. The number of carbonyl (C=O) groups is 3. The predicted molar refractivity (Wildman–Crippen MR) is 145 cm³/mol. The molecule has 2 fully saturated rings. The van der Waals surface area contributed by atoms with Crippen molar-refractivity contribution in [2.24, 2.45) is 0 Å². The number of aliphatic carboxylic acids is 1. The second kappa shape index (κ2) is 11.3. The average Bonchev–Trinajstić information content (AvgIpc) is 2.83. The zero-order valence-electron chi connectivity index (χ0n) is 18.1. The fourth-order valence-electron chi connectivity index (χ4n) is 3.91. The Morgan fingerprint density at radius 2 is 2.03 bits per heavy atom. The summed E-state index contributed by atoms with van der Waals surface area (Å²) >= 11 is 26.6. The summed E-state index contributed by atoms with van der Waals surface area (Å²) in [4.78, 5) is 38.2. The minimum absolute atomic E-state index is 0.0180. The van der Waals surface area contributed by atoms with Gasteiger partial charge in [-0.05, 0) is 29.3 Å². The molecule has 2 amide bonds. The van der Waals surface area contributed by atoms with E-state index in [1.165, 1.54) is 16.7 Å². The van der Waals surface area contributed by atoms with Gasteiger partial charge in [0.25, 0.3) is 5.91 Å². The molecule has 186 valence electrons. The number of thioether (sulfide) groups is 2. The van der Waals surface area contributed by atoms with Gasteiger partial charge in [0.05, 0.1) is 16.8 Å². The van der Waals surface area contributed by atoms with Crippen LogP contribution in [0.4, 0.5) is 0 Å². The standard InChI is InChI=1S/C16H13Cl3N2O3S2.C6H7NOS/c17-5-8-6-26-15-12(14(22)21(15)13(8)16(23)24)20-11(25)4-7-3-9(18)1-2-10(7)19;8-5-4-6-7(5)2-1-3-9-6/h1-3,12,15H,4-6H2,(H,20,25)(H,23,24);1-2,6H,3-4H2/t12-,15-;6-/m01/s1. The molecule has 0 radical (unpaired) electrons. The number of thiocarbonyl (C=S) groups is 1. The largest absolute Gasteiger partial charge is 0.477 e. The van der Waals surface area contributed by atoms with E-state index in [2.05, 4.69) is 5.32 Å². The Morgan fingerprint density at radius 1 is 1.26 bits per heavy atom. The third-order valence-electron chi connectivity index (χ3n) is 5.68. The summed E-state index contributed by atoms with van der Waals surface area (Å²) < 4.78 is 0. The SMILES string of the molecule is O=C(O)C1=C(CCl)CS[C@H]2[C@@H](NC(=S)Cc3cc(Cl)ccc3Cl)C(=O)N12.O=C1C[C@H]2SCC=CN12. The number of nitrogens with one attached hydrogen (secondary N) is 1. The van der Waals surface area contributed by atoms with Crippen LogP contribution in [0.5, 0.6) is 0 Å². The van der Waals surface area contributed by atoms with Gasteiger partial charge in [-0.3, -0.25) is 14.5 Å². The molecule has 3 atom stereocenters. The van der Waals surface area contributed by atoms with E-state index in [1.807, 2.05) is 24.0 Å². The molecule has 1 aromatic rings. The second-order valence-electron chi connectivity index (χ2n) is 7.94. The number of carboxylic acids is 1. The molecule has 4 heterocycles. The second-order valence-corrected chi connectivity index (χ2v) is 11.9. The van der Waals surface area contributed by atoms with Gasteiger partial charge in [-0.2, -0.15) is 0 Å². The molecule has 7 nitrogen and oxygen atoms in total. The summed E-state index contributed by atoms with van der Waals surface area (Å²) in [6.45, 7) is 0. The minimum Gasteiger partial charge on any atom is -0.477 e. The lowest BCUT2D eigenvalue weighted by molar-refractivity contribution is -0.148. The number of hydrogen-bond donors (Lipinski definition) is 2. The predicted octanol–water partition coefficient (Wildman–Crippen LogP) is 4.12. The van der Waals surface area contributed by atoms with Crippen LogP contribution in [0.3, 0.4) is 0 Å².